The van der Waals surface area contributed by atoms with Gasteiger partial charge in [-0.25, -0.2) is 4.98 Å². The van der Waals surface area contributed by atoms with E-state index in [1.54, 1.807) is 31.6 Å². The van der Waals surface area contributed by atoms with Crippen LogP contribution < -0.4 is 10.1 Å². The summed E-state index contributed by atoms with van der Waals surface area (Å²) in [6.07, 6.45) is 3.17. The molecule has 0 radical (unpaired) electrons. The predicted octanol–water partition coefficient (Wildman–Crippen LogP) is 3.77. The van der Waals surface area contributed by atoms with E-state index in [-0.39, 0.29) is 5.91 Å². The summed E-state index contributed by atoms with van der Waals surface area (Å²) in [5, 5.41) is 5.25. The molecule has 1 aromatic carbocycles. The van der Waals surface area contributed by atoms with Crippen molar-refractivity contribution >= 4 is 22.4 Å². The highest BCUT2D eigenvalue weighted by Gasteiger charge is 2.12. The molecule has 0 saturated carbocycles. The van der Waals surface area contributed by atoms with E-state index in [4.69, 9.17) is 4.74 Å². The van der Waals surface area contributed by atoms with Gasteiger partial charge < -0.3 is 4.74 Å². The maximum atomic E-state index is 12.1. The van der Waals surface area contributed by atoms with E-state index < -0.39 is 0 Å². The summed E-state index contributed by atoms with van der Waals surface area (Å²) in [6.45, 7) is 2.02. The quantitative estimate of drug-likeness (QED) is 0.793. The van der Waals surface area contributed by atoms with Crippen LogP contribution in [0.3, 0.4) is 0 Å². The zero-order valence-electron chi connectivity index (χ0n) is 12.7. The molecule has 1 N–H and O–H groups in total. The summed E-state index contributed by atoms with van der Waals surface area (Å²) < 4.78 is 5.38. The molecule has 0 aliphatic carbocycles. The second-order valence-corrected chi connectivity index (χ2v) is 5.79. The average molecular weight is 325 g/mol. The Hall–Kier alpha value is -2.73. The number of hydrogen-bond donors (Lipinski definition) is 1. The van der Waals surface area contributed by atoms with E-state index in [2.05, 4.69) is 15.3 Å². The first-order valence-electron chi connectivity index (χ1n) is 6.99. The van der Waals surface area contributed by atoms with Crippen LogP contribution in [-0.2, 0) is 0 Å². The van der Waals surface area contributed by atoms with Gasteiger partial charge in [-0.2, -0.15) is 0 Å². The van der Waals surface area contributed by atoms with Gasteiger partial charge in [-0.1, -0.05) is 11.6 Å². The fourth-order valence-corrected chi connectivity index (χ4v) is 2.86. The molecule has 2 aromatic heterocycles. The second-order valence-electron chi connectivity index (χ2n) is 4.93. The molecule has 0 bridgehead atoms. The molecule has 0 unspecified atom stereocenters. The smallest absolute Gasteiger partial charge is 0.257 e. The molecular formula is C17H15N3O2S. The van der Waals surface area contributed by atoms with E-state index in [1.165, 1.54) is 11.3 Å². The lowest BCUT2D eigenvalue weighted by atomic mass is 10.1. The summed E-state index contributed by atoms with van der Waals surface area (Å²) in [7, 11) is 1.63. The number of anilines is 1. The highest BCUT2D eigenvalue weighted by Crippen LogP contribution is 2.33. The number of aryl methyl sites for hydroxylation is 1. The number of aromatic nitrogens is 2. The molecule has 3 aromatic rings. The van der Waals surface area contributed by atoms with Gasteiger partial charge in [-0.05, 0) is 31.2 Å². The normalized spacial score (nSPS) is 10.3. The maximum Gasteiger partial charge on any atom is 0.257 e. The van der Waals surface area contributed by atoms with E-state index in [0.717, 1.165) is 22.6 Å². The number of hydrogen-bond acceptors (Lipinski definition) is 5. The molecule has 6 heteroatoms. The van der Waals surface area contributed by atoms with Crippen LogP contribution in [0.15, 0.2) is 48.1 Å². The van der Waals surface area contributed by atoms with Gasteiger partial charge in [0.15, 0.2) is 5.13 Å². The molecule has 0 atom stereocenters. The van der Waals surface area contributed by atoms with Crippen molar-refractivity contribution < 1.29 is 9.53 Å². The molecule has 23 heavy (non-hydrogen) atoms. The third kappa shape index (κ3) is 3.37. The molecule has 0 aliphatic heterocycles. The first-order chi connectivity index (χ1) is 11.2. The summed E-state index contributed by atoms with van der Waals surface area (Å²) >= 11 is 1.38. The van der Waals surface area contributed by atoms with Crippen molar-refractivity contribution in [1.82, 2.24) is 9.97 Å². The Bertz CT molecular complexity index is 831. The van der Waals surface area contributed by atoms with Gasteiger partial charge in [0.25, 0.3) is 5.91 Å². The highest BCUT2D eigenvalue weighted by molar-refractivity contribution is 7.14. The highest BCUT2D eigenvalue weighted by atomic mass is 32.1. The second kappa shape index (κ2) is 6.58. The van der Waals surface area contributed by atoms with Crippen molar-refractivity contribution in [2.45, 2.75) is 6.92 Å². The Labute approximate surface area is 138 Å². The Balaban J connectivity index is 1.84. The molecule has 3 rings (SSSR count). The van der Waals surface area contributed by atoms with E-state index >= 15 is 0 Å². The van der Waals surface area contributed by atoms with Crippen LogP contribution in [0, 0.1) is 6.92 Å². The number of rotatable bonds is 4. The largest absolute Gasteiger partial charge is 0.496 e. The minimum atomic E-state index is -0.204. The van der Waals surface area contributed by atoms with Crippen LogP contribution >= 0.6 is 11.3 Å². The molecule has 0 spiro atoms. The van der Waals surface area contributed by atoms with Crippen molar-refractivity contribution in [2.24, 2.45) is 0 Å². The average Bonchev–Trinajstić information content (AvgIpc) is 3.04. The summed E-state index contributed by atoms with van der Waals surface area (Å²) in [5.74, 6) is 0.553. The number of carbonyl (C=O) groups excluding carboxylic acids is 1. The Morgan fingerprint density at radius 3 is 2.74 bits per heavy atom. The fraction of sp³-hybridized carbons (Fsp3) is 0.118. The van der Waals surface area contributed by atoms with Crippen LogP contribution in [0.5, 0.6) is 5.75 Å². The molecule has 0 fully saturated rings. The molecular weight excluding hydrogens is 310 g/mol. The number of benzene rings is 1. The standard InChI is InChI=1S/C17H15N3O2S/c1-11-3-4-15(22-2)13(9-11)14-10-23-17(19-14)20-16(21)12-5-7-18-8-6-12/h3-10H,1-2H3,(H,19,20,21). The van der Waals surface area contributed by atoms with E-state index in [9.17, 15) is 4.79 Å². The lowest BCUT2D eigenvalue weighted by molar-refractivity contribution is 0.102. The first kappa shape index (κ1) is 15.2. The predicted molar refractivity (Wildman–Crippen MR) is 91.0 cm³/mol. The SMILES string of the molecule is COc1ccc(C)cc1-c1csc(NC(=O)c2ccncc2)n1. The van der Waals surface area contributed by atoms with Crippen molar-refractivity contribution in [3.8, 4) is 17.0 Å². The third-order valence-corrected chi connectivity index (χ3v) is 4.06. The molecule has 0 saturated heterocycles. The molecule has 116 valence electrons. The van der Waals surface area contributed by atoms with Crippen molar-refractivity contribution in [1.29, 1.82) is 0 Å². The van der Waals surface area contributed by atoms with Crippen LogP contribution in [0.1, 0.15) is 15.9 Å². The first-order valence-corrected chi connectivity index (χ1v) is 7.87. The number of carbonyl (C=O) groups is 1. The van der Waals surface area contributed by atoms with Gasteiger partial charge >= 0.3 is 0 Å². The zero-order chi connectivity index (χ0) is 16.2. The summed E-state index contributed by atoms with van der Waals surface area (Å²) in [6, 6.07) is 9.24. The molecule has 1 amide bonds. The Kier molecular flexibility index (Phi) is 4.34. The van der Waals surface area contributed by atoms with Gasteiger partial charge in [0.05, 0.1) is 12.8 Å². The van der Waals surface area contributed by atoms with E-state index in [1.807, 2.05) is 30.5 Å². The number of pyridine rings is 1. The minimum Gasteiger partial charge on any atom is -0.496 e. The van der Waals surface area contributed by atoms with E-state index in [0.29, 0.717) is 10.7 Å². The molecule has 2 heterocycles. The van der Waals surface area contributed by atoms with Crippen molar-refractivity contribution in [2.75, 3.05) is 12.4 Å². The van der Waals surface area contributed by atoms with Gasteiger partial charge in [0, 0.05) is 28.9 Å². The third-order valence-electron chi connectivity index (χ3n) is 3.30. The van der Waals surface area contributed by atoms with Gasteiger partial charge in [-0.15, -0.1) is 11.3 Å². The monoisotopic (exact) mass is 325 g/mol. The zero-order valence-corrected chi connectivity index (χ0v) is 13.6. The number of amides is 1. The van der Waals surface area contributed by atoms with Crippen molar-refractivity contribution in [3.05, 3.63) is 59.2 Å². The van der Waals surface area contributed by atoms with Crippen LogP contribution in [0.25, 0.3) is 11.3 Å². The minimum absolute atomic E-state index is 0.204. The van der Waals surface area contributed by atoms with Gasteiger partial charge in [-0.3, -0.25) is 15.1 Å². The lowest BCUT2D eigenvalue weighted by Gasteiger charge is -2.07. The number of thiazole rings is 1. The van der Waals surface area contributed by atoms with Crippen LogP contribution in [0.2, 0.25) is 0 Å². The fourth-order valence-electron chi connectivity index (χ4n) is 2.15. The molecule has 5 nitrogen and oxygen atoms in total. The number of nitrogens with one attached hydrogen (secondary N) is 1. The number of nitrogens with zero attached hydrogens (tertiary/aromatic N) is 2. The Morgan fingerprint density at radius 1 is 1.22 bits per heavy atom. The summed E-state index contributed by atoms with van der Waals surface area (Å²) in [4.78, 5) is 20.5. The van der Waals surface area contributed by atoms with Gasteiger partial charge in [0.2, 0.25) is 0 Å². The topological polar surface area (TPSA) is 64.1 Å². The Morgan fingerprint density at radius 2 is 2.00 bits per heavy atom. The number of methoxy groups -OCH3 is 1. The van der Waals surface area contributed by atoms with Crippen LogP contribution in [-0.4, -0.2) is 23.0 Å². The van der Waals surface area contributed by atoms with Crippen LogP contribution in [0.4, 0.5) is 5.13 Å². The number of ether oxygens (including phenoxy) is 1. The van der Waals surface area contributed by atoms with Crippen molar-refractivity contribution in [3.63, 3.8) is 0 Å². The van der Waals surface area contributed by atoms with Gasteiger partial charge in [0.1, 0.15) is 5.75 Å². The molecule has 0 aliphatic rings. The lowest BCUT2D eigenvalue weighted by Crippen LogP contribution is -2.11. The summed E-state index contributed by atoms with van der Waals surface area (Å²) in [5.41, 5.74) is 3.36. The maximum absolute atomic E-state index is 12.1.